The Morgan fingerprint density at radius 1 is 0.528 bits per heavy atom. The van der Waals surface area contributed by atoms with E-state index in [1.54, 1.807) is 54.6 Å². The van der Waals surface area contributed by atoms with E-state index in [0.717, 1.165) is 33.7 Å². The summed E-state index contributed by atoms with van der Waals surface area (Å²) in [6, 6.07) is 25.1. The molecule has 0 radical (unpaired) electrons. The highest BCUT2D eigenvalue weighted by Crippen LogP contribution is 2.29. The van der Waals surface area contributed by atoms with Gasteiger partial charge < -0.3 is 28.4 Å². The lowest BCUT2D eigenvalue weighted by atomic mass is 10.1. The molecule has 0 aliphatic heterocycles. The number of esters is 4. The van der Waals surface area contributed by atoms with Crippen molar-refractivity contribution >= 4 is 51.2 Å². The lowest BCUT2D eigenvalue weighted by Crippen LogP contribution is -2.12. The molecule has 5 aromatic rings. The lowest BCUT2D eigenvalue weighted by Gasteiger charge is -2.12. The zero-order valence-corrected chi connectivity index (χ0v) is 29.0. The summed E-state index contributed by atoms with van der Waals surface area (Å²) in [6.45, 7) is 9.16. The molecule has 0 fully saturated rings. The molecule has 0 amide bonds. The molecule has 5 rings (SSSR count). The Hall–Kier alpha value is -6.75. The van der Waals surface area contributed by atoms with Crippen LogP contribution in [0.5, 0.6) is 23.0 Å². The van der Waals surface area contributed by atoms with E-state index in [-0.39, 0.29) is 41.4 Å². The molecule has 0 aromatic heterocycles. The average molecular weight is 717 g/mol. The normalized spacial score (nSPS) is 10.6. The molecular weight excluding hydrogens is 680 g/mol. The summed E-state index contributed by atoms with van der Waals surface area (Å²) in [5, 5.41) is 3.21. The number of carbonyl (C=O) groups excluding carboxylic acids is 5. The second-order valence-electron chi connectivity index (χ2n) is 11.6. The van der Waals surface area contributed by atoms with Gasteiger partial charge in [-0.15, -0.1) is 0 Å². The number of ether oxygens (including phenoxy) is 6. The molecule has 0 spiro atoms. The molecule has 0 heterocycles. The van der Waals surface area contributed by atoms with E-state index in [4.69, 9.17) is 28.4 Å². The molecule has 270 valence electrons. The molecule has 5 aromatic carbocycles. The van der Waals surface area contributed by atoms with Gasteiger partial charge in [-0.2, -0.15) is 0 Å². The van der Waals surface area contributed by atoms with Crippen LogP contribution in [0.25, 0.3) is 21.5 Å². The van der Waals surface area contributed by atoms with Gasteiger partial charge in [0.25, 0.3) is 0 Å². The Morgan fingerprint density at radius 2 is 0.981 bits per heavy atom. The Bertz CT molecular complexity index is 2200. The van der Waals surface area contributed by atoms with Gasteiger partial charge >= 0.3 is 23.9 Å². The van der Waals surface area contributed by atoms with Crippen molar-refractivity contribution in [1.82, 2.24) is 0 Å². The fourth-order valence-corrected chi connectivity index (χ4v) is 5.10. The minimum absolute atomic E-state index is 0.0198. The number of hydrogen-bond donors (Lipinski definition) is 0. The van der Waals surface area contributed by atoms with Crippen molar-refractivity contribution in [1.29, 1.82) is 0 Å². The third-order valence-electron chi connectivity index (χ3n) is 7.78. The second-order valence-corrected chi connectivity index (χ2v) is 11.6. The number of benzene rings is 5. The zero-order valence-electron chi connectivity index (χ0n) is 29.0. The number of hydrogen-bond acceptors (Lipinski definition) is 11. The first-order valence-electron chi connectivity index (χ1n) is 16.6. The van der Waals surface area contributed by atoms with E-state index < -0.39 is 29.7 Å². The molecular formula is C42H36O11. The first-order chi connectivity index (χ1) is 25.6. The van der Waals surface area contributed by atoms with Crippen molar-refractivity contribution in [2.45, 2.75) is 19.8 Å². The van der Waals surface area contributed by atoms with Gasteiger partial charge in [0.05, 0.1) is 43.1 Å². The number of Topliss-reactive ketones (excluding diaryl/α,β-unsaturated/α-hetero) is 1. The molecule has 0 saturated heterocycles. The highest BCUT2D eigenvalue weighted by molar-refractivity contribution is 6.01. The van der Waals surface area contributed by atoms with Crippen LogP contribution < -0.4 is 18.9 Å². The van der Waals surface area contributed by atoms with E-state index in [0.29, 0.717) is 37.6 Å². The van der Waals surface area contributed by atoms with Crippen LogP contribution in [-0.2, 0) is 19.1 Å². The third-order valence-corrected chi connectivity index (χ3v) is 7.78. The van der Waals surface area contributed by atoms with Crippen molar-refractivity contribution in [2.24, 2.45) is 0 Å². The van der Waals surface area contributed by atoms with Crippen molar-refractivity contribution in [3.8, 4) is 23.0 Å². The van der Waals surface area contributed by atoms with Crippen molar-refractivity contribution < 1.29 is 52.4 Å². The molecule has 0 atom stereocenters. The fourth-order valence-electron chi connectivity index (χ4n) is 5.10. The van der Waals surface area contributed by atoms with Crippen LogP contribution in [0.15, 0.2) is 116 Å². The van der Waals surface area contributed by atoms with Gasteiger partial charge in [0.1, 0.15) is 23.0 Å². The summed E-state index contributed by atoms with van der Waals surface area (Å²) in [7, 11) is 0. The summed E-state index contributed by atoms with van der Waals surface area (Å²) < 4.78 is 32.6. The van der Waals surface area contributed by atoms with E-state index in [2.05, 4.69) is 13.2 Å². The van der Waals surface area contributed by atoms with Gasteiger partial charge in [0, 0.05) is 25.0 Å². The quantitative estimate of drug-likeness (QED) is 0.0308. The molecule has 53 heavy (non-hydrogen) atoms. The van der Waals surface area contributed by atoms with Crippen LogP contribution in [0, 0.1) is 0 Å². The van der Waals surface area contributed by atoms with E-state index in [9.17, 15) is 24.0 Å². The SMILES string of the molecule is C=CC(=O)OCCCOc1ccc2cc(C(=O)Oc3ccc(OC(=O)c4ccc5cc(OCCCOC(=O)C=C)ccc5c4)c(C(C)=O)c3)ccc2c1. The third kappa shape index (κ3) is 10.4. The van der Waals surface area contributed by atoms with Gasteiger partial charge in [0.2, 0.25) is 0 Å². The first-order valence-corrected chi connectivity index (χ1v) is 16.6. The minimum Gasteiger partial charge on any atom is -0.493 e. The maximum Gasteiger partial charge on any atom is 0.343 e. The van der Waals surface area contributed by atoms with Crippen LogP contribution in [-0.4, -0.2) is 56.1 Å². The van der Waals surface area contributed by atoms with Crippen LogP contribution in [0.2, 0.25) is 0 Å². The van der Waals surface area contributed by atoms with Gasteiger partial charge in [-0.1, -0.05) is 37.4 Å². The predicted molar refractivity (Wildman–Crippen MR) is 197 cm³/mol. The van der Waals surface area contributed by atoms with E-state index >= 15 is 0 Å². The molecule has 11 heteroatoms. The summed E-state index contributed by atoms with van der Waals surface area (Å²) in [5.41, 5.74) is 0.619. The van der Waals surface area contributed by atoms with E-state index in [1.807, 2.05) is 18.2 Å². The fraction of sp³-hybridized carbons (Fsp3) is 0.167. The average Bonchev–Trinajstić information content (AvgIpc) is 3.17. The van der Waals surface area contributed by atoms with E-state index in [1.165, 1.54) is 25.1 Å². The van der Waals surface area contributed by atoms with Crippen LogP contribution in [0.4, 0.5) is 0 Å². The van der Waals surface area contributed by atoms with Crippen LogP contribution in [0.3, 0.4) is 0 Å². The van der Waals surface area contributed by atoms with Crippen molar-refractivity contribution in [3.05, 3.63) is 133 Å². The molecule has 11 nitrogen and oxygen atoms in total. The maximum atomic E-state index is 13.1. The highest BCUT2D eigenvalue weighted by Gasteiger charge is 2.18. The first kappa shape index (κ1) is 37.5. The predicted octanol–water partition coefficient (Wildman–Crippen LogP) is 7.63. The van der Waals surface area contributed by atoms with Gasteiger partial charge in [-0.05, 0) is 95.2 Å². The Morgan fingerprint density at radius 3 is 1.47 bits per heavy atom. The molecule has 0 N–H and O–H groups in total. The standard InChI is InChI=1S/C42H36O11/c1-4-39(44)50-20-6-18-48-34-14-12-28-22-32(10-8-30(28)24-34)41(46)52-36-16-17-38(37(26-36)27(3)43)53-42(47)33-11-9-31-25-35(15-13-29(31)23-33)49-19-7-21-51-40(45)5-2/h4-5,8-17,22-26H,1-2,6-7,18-21H2,3H3. The smallest absolute Gasteiger partial charge is 0.343 e. The number of rotatable bonds is 17. The molecule has 0 saturated carbocycles. The Labute approximate surface area is 305 Å². The monoisotopic (exact) mass is 716 g/mol. The molecule has 0 aliphatic rings. The van der Waals surface area contributed by atoms with Crippen LogP contribution in [0.1, 0.15) is 50.8 Å². The molecule has 0 unspecified atom stereocenters. The van der Waals surface area contributed by atoms with Crippen molar-refractivity contribution in [2.75, 3.05) is 26.4 Å². The number of fused-ring (bicyclic) bond motifs is 2. The maximum absolute atomic E-state index is 13.1. The van der Waals surface area contributed by atoms with Gasteiger partial charge in [-0.3, -0.25) is 4.79 Å². The number of carbonyl (C=O) groups is 5. The highest BCUT2D eigenvalue weighted by atomic mass is 16.5. The summed E-state index contributed by atoms with van der Waals surface area (Å²) >= 11 is 0. The zero-order chi connectivity index (χ0) is 37.7. The largest absolute Gasteiger partial charge is 0.493 e. The lowest BCUT2D eigenvalue weighted by molar-refractivity contribution is -0.138. The van der Waals surface area contributed by atoms with Gasteiger partial charge in [-0.25, -0.2) is 19.2 Å². The summed E-state index contributed by atoms with van der Waals surface area (Å²) in [4.78, 5) is 61.1. The Balaban J connectivity index is 1.18. The van der Waals surface area contributed by atoms with Gasteiger partial charge in [0.15, 0.2) is 5.78 Å². The van der Waals surface area contributed by atoms with Crippen molar-refractivity contribution in [3.63, 3.8) is 0 Å². The topological polar surface area (TPSA) is 141 Å². The molecule has 0 aliphatic carbocycles. The second kappa shape index (κ2) is 18.0. The minimum atomic E-state index is -0.674. The molecule has 0 bridgehead atoms. The van der Waals surface area contributed by atoms with Crippen LogP contribution >= 0.6 is 0 Å². The number of ketones is 1. The summed E-state index contributed by atoms with van der Waals surface area (Å²) in [5.74, 6) is -1.31. The Kier molecular flexibility index (Phi) is 12.7. The summed E-state index contributed by atoms with van der Waals surface area (Å²) in [6.07, 6.45) is 3.24.